The molecule has 4 heteroatoms. The van der Waals surface area contributed by atoms with Crippen LogP contribution in [0.5, 0.6) is 0 Å². The summed E-state index contributed by atoms with van der Waals surface area (Å²) in [6.45, 7) is 1.93. The highest BCUT2D eigenvalue weighted by Gasteiger charge is 2.24. The number of ether oxygens (including phenoxy) is 1. The van der Waals surface area contributed by atoms with Crippen LogP contribution in [0, 0.1) is 6.92 Å². The van der Waals surface area contributed by atoms with Crippen LogP contribution in [0.3, 0.4) is 0 Å². The lowest BCUT2D eigenvalue weighted by atomic mass is 9.91. The van der Waals surface area contributed by atoms with Crippen LogP contribution in [0.15, 0.2) is 94.1 Å². The van der Waals surface area contributed by atoms with Crippen LogP contribution in [-0.2, 0) is 16.1 Å². The van der Waals surface area contributed by atoms with Crippen LogP contribution in [0.25, 0.3) is 11.0 Å². The van der Waals surface area contributed by atoms with Gasteiger partial charge in [-0.3, -0.25) is 4.79 Å². The Bertz CT molecular complexity index is 1150. The lowest BCUT2D eigenvalue weighted by Crippen LogP contribution is -2.17. The first-order valence-corrected chi connectivity index (χ1v) is 9.42. The van der Waals surface area contributed by atoms with E-state index in [0.29, 0.717) is 11.1 Å². The molecular formula is C25H20O4. The van der Waals surface area contributed by atoms with Crippen molar-refractivity contribution in [2.75, 3.05) is 0 Å². The highest BCUT2D eigenvalue weighted by molar-refractivity contribution is 5.83. The largest absolute Gasteiger partial charge is 0.460 e. The molecule has 0 aliphatic carbocycles. The van der Waals surface area contributed by atoms with E-state index in [1.54, 1.807) is 6.07 Å². The third-order valence-corrected chi connectivity index (χ3v) is 4.86. The topological polar surface area (TPSA) is 56.5 Å². The van der Waals surface area contributed by atoms with Gasteiger partial charge >= 0.3 is 11.6 Å². The molecule has 0 saturated carbocycles. The lowest BCUT2D eigenvalue weighted by molar-refractivity contribution is -0.145. The molecule has 0 spiro atoms. The first kappa shape index (κ1) is 18.7. The molecule has 0 atom stereocenters. The number of esters is 1. The van der Waals surface area contributed by atoms with Gasteiger partial charge in [0, 0.05) is 17.0 Å². The van der Waals surface area contributed by atoms with E-state index in [4.69, 9.17) is 9.15 Å². The molecule has 0 aliphatic heterocycles. The minimum absolute atomic E-state index is 0.000160. The molecule has 0 amide bonds. The highest BCUT2D eigenvalue weighted by atomic mass is 16.5. The molecule has 3 aromatic carbocycles. The van der Waals surface area contributed by atoms with Crippen LogP contribution >= 0.6 is 0 Å². The van der Waals surface area contributed by atoms with E-state index in [2.05, 4.69) is 0 Å². The molecule has 0 fully saturated rings. The van der Waals surface area contributed by atoms with Gasteiger partial charge in [-0.25, -0.2) is 4.79 Å². The predicted molar refractivity (Wildman–Crippen MR) is 112 cm³/mol. The highest BCUT2D eigenvalue weighted by Crippen LogP contribution is 2.27. The van der Waals surface area contributed by atoms with Gasteiger partial charge in [-0.15, -0.1) is 0 Å². The summed E-state index contributed by atoms with van der Waals surface area (Å²) in [5.74, 6) is -0.901. The standard InChI is InChI=1S/C25H20O4/c1-17-12-13-21-20(15-23(26)29-22(21)14-17)16-28-25(27)24(18-8-4-2-5-9-18)19-10-6-3-7-11-19/h2-15,24H,16H2,1H3. The van der Waals surface area contributed by atoms with Crippen molar-refractivity contribution >= 4 is 16.9 Å². The van der Waals surface area contributed by atoms with Crippen molar-refractivity contribution in [3.05, 3.63) is 118 Å². The number of fused-ring (bicyclic) bond motifs is 1. The summed E-state index contributed by atoms with van der Waals surface area (Å²) in [5, 5.41) is 0.763. The first-order valence-electron chi connectivity index (χ1n) is 9.42. The monoisotopic (exact) mass is 384 g/mol. The Morgan fingerprint density at radius 2 is 1.52 bits per heavy atom. The third kappa shape index (κ3) is 4.11. The Morgan fingerprint density at radius 1 is 0.897 bits per heavy atom. The van der Waals surface area contributed by atoms with Gasteiger partial charge in [-0.1, -0.05) is 72.8 Å². The van der Waals surface area contributed by atoms with Crippen molar-refractivity contribution in [3.63, 3.8) is 0 Å². The summed E-state index contributed by atoms with van der Waals surface area (Å²) in [4.78, 5) is 25.0. The smallest absolute Gasteiger partial charge is 0.336 e. The van der Waals surface area contributed by atoms with E-state index in [-0.39, 0.29) is 12.6 Å². The zero-order valence-electron chi connectivity index (χ0n) is 16.0. The Morgan fingerprint density at radius 3 is 2.14 bits per heavy atom. The Labute approximate surface area is 168 Å². The van der Waals surface area contributed by atoms with Crippen LogP contribution in [-0.4, -0.2) is 5.97 Å². The van der Waals surface area contributed by atoms with Gasteiger partial charge in [0.1, 0.15) is 18.1 Å². The molecule has 1 heterocycles. The number of carbonyl (C=O) groups is 1. The maximum atomic E-state index is 13.1. The van der Waals surface area contributed by atoms with Crippen molar-refractivity contribution in [2.45, 2.75) is 19.4 Å². The molecule has 0 aliphatic rings. The number of aryl methyl sites for hydroxylation is 1. The van der Waals surface area contributed by atoms with Gasteiger partial charge < -0.3 is 9.15 Å². The number of rotatable bonds is 5. The summed E-state index contributed by atoms with van der Waals surface area (Å²) in [5.41, 5.74) is 3.36. The van der Waals surface area contributed by atoms with E-state index in [0.717, 1.165) is 22.1 Å². The van der Waals surface area contributed by atoms with Crippen LogP contribution in [0.1, 0.15) is 28.2 Å². The van der Waals surface area contributed by atoms with Gasteiger partial charge in [-0.2, -0.15) is 0 Å². The van der Waals surface area contributed by atoms with E-state index >= 15 is 0 Å². The molecule has 4 aromatic rings. The predicted octanol–water partition coefficient (Wildman–Crippen LogP) is 4.98. The second-order valence-corrected chi connectivity index (χ2v) is 6.95. The minimum Gasteiger partial charge on any atom is -0.460 e. The molecule has 0 N–H and O–H groups in total. The average molecular weight is 384 g/mol. The van der Waals surface area contributed by atoms with Gasteiger partial charge in [-0.05, 0) is 29.7 Å². The first-order chi connectivity index (χ1) is 14.1. The Hall–Kier alpha value is -3.66. The van der Waals surface area contributed by atoms with Crippen LogP contribution in [0.2, 0.25) is 0 Å². The fraction of sp³-hybridized carbons (Fsp3) is 0.120. The maximum Gasteiger partial charge on any atom is 0.336 e. The molecule has 29 heavy (non-hydrogen) atoms. The normalized spacial score (nSPS) is 11.0. The zero-order valence-corrected chi connectivity index (χ0v) is 16.0. The average Bonchev–Trinajstić information content (AvgIpc) is 2.73. The quantitative estimate of drug-likeness (QED) is 0.360. The lowest BCUT2D eigenvalue weighted by Gasteiger charge is -2.17. The molecule has 0 saturated heterocycles. The van der Waals surface area contributed by atoms with Crippen LogP contribution in [0.4, 0.5) is 0 Å². The summed E-state index contributed by atoms with van der Waals surface area (Å²) >= 11 is 0. The fourth-order valence-corrected chi connectivity index (χ4v) is 3.44. The molecule has 144 valence electrons. The summed E-state index contributed by atoms with van der Waals surface area (Å²) in [6.07, 6.45) is 0. The number of benzene rings is 3. The van der Waals surface area contributed by atoms with E-state index in [9.17, 15) is 9.59 Å². The molecular weight excluding hydrogens is 364 g/mol. The summed E-state index contributed by atoms with van der Waals surface area (Å²) < 4.78 is 11.0. The van der Waals surface area contributed by atoms with E-state index in [1.165, 1.54) is 6.07 Å². The molecule has 1 aromatic heterocycles. The molecule has 4 rings (SSSR count). The molecule has 0 radical (unpaired) electrons. The minimum atomic E-state index is -0.536. The van der Waals surface area contributed by atoms with Gasteiger partial charge in [0.15, 0.2) is 0 Å². The molecule has 4 nitrogen and oxygen atoms in total. The maximum absolute atomic E-state index is 13.1. The van der Waals surface area contributed by atoms with Gasteiger partial charge in [0.05, 0.1) is 0 Å². The van der Waals surface area contributed by atoms with Gasteiger partial charge in [0.25, 0.3) is 0 Å². The number of hydrogen-bond acceptors (Lipinski definition) is 4. The fourth-order valence-electron chi connectivity index (χ4n) is 3.44. The summed E-state index contributed by atoms with van der Waals surface area (Å²) in [7, 11) is 0. The molecule has 0 bridgehead atoms. The van der Waals surface area contributed by atoms with Crippen molar-refractivity contribution in [1.82, 2.24) is 0 Å². The SMILES string of the molecule is Cc1ccc2c(COC(=O)C(c3ccccc3)c3ccccc3)cc(=O)oc2c1. The Balaban J connectivity index is 1.64. The van der Waals surface area contributed by atoms with E-state index in [1.807, 2.05) is 79.7 Å². The number of carbonyl (C=O) groups excluding carboxylic acids is 1. The van der Waals surface area contributed by atoms with Crippen molar-refractivity contribution in [2.24, 2.45) is 0 Å². The Kier molecular flexibility index (Phi) is 5.25. The second kappa shape index (κ2) is 8.15. The van der Waals surface area contributed by atoms with Gasteiger partial charge in [0.2, 0.25) is 0 Å². The van der Waals surface area contributed by atoms with Crippen molar-refractivity contribution in [3.8, 4) is 0 Å². The van der Waals surface area contributed by atoms with Crippen molar-refractivity contribution in [1.29, 1.82) is 0 Å². The van der Waals surface area contributed by atoms with Crippen LogP contribution < -0.4 is 5.63 Å². The number of hydrogen-bond donors (Lipinski definition) is 0. The zero-order chi connectivity index (χ0) is 20.2. The van der Waals surface area contributed by atoms with E-state index < -0.39 is 11.5 Å². The third-order valence-electron chi connectivity index (χ3n) is 4.86. The summed E-state index contributed by atoms with van der Waals surface area (Å²) in [6, 6.07) is 26.1. The second-order valence-electron chi connectivity index (χ2n) is 6.95. The molecule has 0 unspecified atom stereocenters. The van der Waals surface area contributed by atoms with Crippen molar-refractivity contribution < 1.29 is 13.9 Å².